The molecular weight excluding hydrogens is 426 g/mol. The Morgan fingerprint density at radius 1 is 1.06 bits per heavy atom. The molecular formula is C24H31N3O4S. The third-order valence-electron chi connectivity index (χ3n) is 6.28. The molecule has 0 aromatic heterocycles. The Hall–Kier alpha value is -2.58. The fourth-order valence-electron chi connectivity index (χ4n) is 4.34. The lowest BCUT2D eigenvalue weighted by Crippen LogP contribution is -2.44. The summed E-state index contributed by atoms with van der Waals surface area (Å²) in [5, 5.41) is 3.06. The number of carbonyl (C=O) groups is 1. The number of para-hydroxylation sites is 1. The zero-order chi connectivity index (χ0) is 22.6. The maximum Gasteiger partial charge on any atom is 0.321 e. The topological polar surface area (TPSA) is 79.0 Å². The molecule has 2 amide bonds. The molecule has 7 nitrogen and oxygen atoms in total. The smallest absolute Gasteiger partial charge is 0.321 e. The second-order valence-electron chi connectivity index (χ2n) is 8.60. The van der Waals surface area contributed by atoms with E-state index in [0.717, 1.165) is 51.1 Å². The van der Waals surface area contributed by atoms with Gasteiger partial charge in [-0.1, -0.05) is 18.2 Å². The van der Waals surface area contributed by atoms with E-state index in [1.54, 1.807) is 24.3 Å². The molecule has 0 unspecified atom stereocenters. The Bertz CT molecular complexity index is 1030. The summed E-state index contributed by atoms with van der Waals surface area (Å²) in [6.07, 6.45) is 4.22. The number of nitrogens with zero attached hydrogens (tertiary/aromatic N) is 2. The van der Waals surface area contributed by atoms with E-state index in [9.17, 15) is 13.2 Å². The minimum Gasteiger partial charge on any atom is -0.493 e. The second-order valence-corrected chi connectivity index (χ2v) is 10.6. The number of urea groups is 1. The van der Waals surface area contributed by atoms with Gasteiger partial charge in [0.05, 0.1) is 11.5 Å². The number of sulfone groups is 1. The van der Waals surface area contributed by atoms with Crippen LogP contribution in [0.2, 0.25) is 0 Å². The lowest BCUT2D eigenvalue weighted by Gasteiger charge is -2.32. The van der Waals surface area contributed by atoms with Crippen LogP contribution in [0.4, 0.5) is 10.5 Å². The molecule has 1 N–H and O–H groups in total. The van der Waals surface area contributed by atoms with Gasteiger partial charge in [-0.15, -0.1) is 0 Å². The first kappa shape index (κ1) is 22.6. The standard InChI is InChI=1S/C24H31N3O4S/c1-32(29,30)22-8-6-21(7-9-22)31-18-19-10-14-26(15-11-19)17-13-25-24(28)27-16-12-20-4-2-3-5-23(20)27/h2-9,19H,10-18H2,1H3,(H,25,28). The van der Waals surface area contributed by atoms with Gasteiger partial charge in [0, 0.05) is 31.6 Å². The van der Waals surface area contributed by atoms with Gasteiger partial charge in [-0.05, 0) is 74.2 Å². The number of anilines is 1. The van der Waals surface area contributed by atoms with E-state index < -0.39 is 9.84 Å². The number of fused-ring (bicyclic) bond motifs is 1. The van der Waals surface area contributed by atoms with Crippen molar-refractivity contribution in [3.8, 4) is 5.75 Å². The molecule has 2 aliphatic heterocycles. The Balaban J connectivity index is 1.14. The summed E-state index contributed by atoms with van der Waals surface area (Å²) in [5.41, 5.74) is 2.26. The fraction of sp³-hybridized carbons (Fsp3) is 0.458. The van der Waals surface area contributed by atoms with Crippen molar-refractivity contribution < 1.29 is 17.9 Å². The molecule has 0 spiro atoms. The number of rotatable bonds is 7. The summed E-state index contributed by atoms with van der Waals surface area (Å²) in [7, 11) is -3.18. The first-order valence-corrected chi connectivity index (χ1v) is 13.1. The van der Waals surface area contributed by atoms with E-state index in [0.29, 0.717) is 29.7 Å². The highest BCUT2D eigenvalue weighted by molar-refractivity contribution is 7.90. The van der Waals surface area contributed by atoms with Crippen molar-refractivity contribution in [3.63, 3.8) is 0 Å². The van der Waals surface area contributed by atoms with E-state index in [1.807, 2.05) is 23.1 Å². The highest BCUT2D eigenvalue weighted by atomic mass is 32.2. The summed E-state index contributed by atoms with van der Waals surface area (Å²) in [6, 6.07) is 14.7. The average molecular weight is 458 g/mol. The maximum absolute atomic E-state index is 12.5. The Morgan fingerprint density at radius 3 is 2.50 bits per heavy atom. The molecule has 4 rings (SSSR count). The van der Waals surface area contributed by atoms with Gasteiger partial charge in [-0.2, -0.15) is 0 Å². The highest BCUT2D eigenvalue weighted by Gasteiger charge is 2.24. The second kappa shape index (κ2) is 9.92. The summed E-state index contributed by atoms with van der Waals surface area (Å²) < 4.78 is 28.9. The van der Waals surface area contributed by atoms with Crippen LogP contribution in [0.3, 0.4) is 0 Å². The molecule has 0 saturated carbocycles. The van der Waals surface area contributed by atoms with Crippen molar-refractivity contribution >= 4 is 21.6 Å². The Labute approximate surface area is 190 Å². The van der Waals surface area contributed by atoms with Crippen LogP contribution in [-0.4, -0.2) is 64.9 Å². The predicted molar refractivity (Wildman–Crippen MR) is 125 cm³/mol. The lowest BCUT2D eigenvalue weighted by atomic mass is 9.98. The Kier molecular flexibility index (Phi) is 7.01. The van der Waals surface area contributed by atoms with Crippen LogP contribution in [-0.2, 0) is 16.3 Å². The number of likely N-dealkylation sites (tertiary alicyclic amines) is 1. The number of amides is 2. The van der Waals surface area contributed by atoms with Crippen molar-refractivity contribution in [2.75, 3.05) is 50.5 Å². The first-order valence-electron chi connectivity index (χ1n) is 11.2. The van der Waals surface area contributed by atoms with E-state index >= 15 is 0 Å². The van der Waals surface area contributed by atoms with Crippen LogP contribution >= 0.6 is 0 Å². The van der Waals surface area contributed by atoms with Crippen molar-refractivity contribution in [3.05, 3.63) is 54.1 Å². The molecule has 32 heavy (non-hydrogen) atoms. The van der Waals surface area contributed by atoms with Gasteiger partial charge in [0.25, 0.3) is 0 Å². The van der Waals surface area contributed by atoms with E-state index in [-0.39, 0.29) is 6.03 Å². The quantitative estimate of drug-likeness (QED) is 0.692. The van der Waals surface area contributed by atoms with Crippen molar-refractivity contribution in [1.82, 2.24) is 10.2 Å². The number of ether oxygens (including phenoxy) is 1. The van der Waals surface area contributed by atoms with E-state index in [1.165, 1.54) is 11.8 Å². The van der Waals surface area contributed by atoms with Crippen LogP contribution < -0.4 is 15.0 Å². The van der Waals surface area contributed by atoms with Crippen LogP contribution in [0.5, 0.6) is 5.75 Å². The monoisotopic (exact) mass is 457 g/mol. The molecule has 0 radical (unpaired) electrons. The number of piperidine rings is 1. The third kappa shape index (κ3) is 5.61. The molecule has 2 aromatic rings. The molecule has 0 aliphatic carbocycles. The zero-order valence-corrected chi connectivity index (χ0v) is 19.3. The van der Waals surface area contributed by atoms with Gasteiger partial charge in [0.1, 0.15) is 5.75 Å². The normalized spacial score (nSPS) is 17.2. The van der Waals surface area contributed by atoms with E-state index in [2.05, 4.69) is 16.3 Å². The van der Waals surface area contributed by atoms with E-state index in [4.69, 9.17) is 4.74 Å². The number of nitrogens with one attached hydrogen (secondary N) is 1. The molecule has 0 atom stereocenters. The summed E-state index contributed by atoms with van der Waals surface area (Å²) in [6.45, 7) is 4.85. The maximum atomic E-state index is 12.5. The molecule has 2 aliphatic rings. The minimum absolute atomic E-state index is 0.0138. The molecule has 2 heterocycles. The lowest BCUT2D eigenvalue weighted by molar-refractivity contribution is 0.142. The fourth-order valence-corrected chi connectivity index (χ4v) is 4.97. The summed E-state index contributed by atoms with van der Waals surface area (Å²) in [5.74, 6) is 1.18. The molecule has 8 heteroatoms. The van der Waals surface area contributed by atoms with Gasteiger partial charge in [0.2, 0.25) is 0 Å². The van der Waals surface area contributed by atoms with Crippen molar-refractivity contribution in [2.45, 2.75) is 24.2 Å². The molecule has 0 bridgehead atoms. The Morgan fingerprint density at radius 2 is 1.78 bits per heavy atom. The average Bonchev–Trinajstić information content (AvgIpc) is 3.22. The largest absolute Gasteiger partial charge is 0.493 e. The van der Waals surface area contributed by atoms with Gasteiger partial charge in [0.15, 0.2) is 9.84 Å². The number of carbonyl (C=O) groups excluding carboxylic acids is 1. The first-order chi connectivity index (χ1) is 15.4. The van der Waals surface area contributed by atoms with Crippen LogP contribution in [0.25, 0.3) is 0 Å². The van der Waals surface area contributed by atoms with Gasteiger partial charge in [-0.25, -0.2) is 13.2 Å². The SMILES string of the molecule is CS(=O)(=O)c1ccc(OCC2CCN(CCNC(=O)N3CCc4ccccc43)CC2)cc1. The zero-order valence-electron chi connectivity index (χ0n) is 18.5. The van der Waals surface area contributed by atoms with Crippen LogP contribution in [0, 0.1) is 5.92 Å². The number of hydrogen-bond acceptors (Lipinski definition) is 5. The van der Waals surface area contributed by atoms with Crippen LogP contribution in [0.15, 0.2) is 53.4 Å². The number of benzene rings is 2. The van der Waals surface area contributed by atoms with Crippen LogP contribution in [0.1, 0.15) is 18.4 Å². The molecule has 2 aromatic carbocycles. The van der Waals surface area contributed by atoms with Gasteiger partial charge >= 0.3 is 6.03 Å². The molecule has 1 fully saturated rings. The minimum atomic E-state index is -3.18. The van der Waals surface area contributed by atoms with Crippen molar-refractivity contribution in [2.24, 2.45) is 5.92 Å². The molecule has 172 valence electrons. The highest BCUT2D eigenvalue weighted by Crippen LogP contribution is 2.27. The predicted octanol–water partition coefficient (Wildman–Crippen LogP) is 2.95. The summed E-state index contributed by atoms with van der Waals surface area (Å²) >= 11 is 0. The summed E-state index contributed by atoms with van der Waals surface area (Å²) in [4.78, 5) is 17.1. The molecule has 1 saturated heterocycles. The number of hydrogen-bond donors (Lipinski definition) is 1. The van der Waals surface area contributed by atoms with Gasteiger partial charge in [-0.3, -0.25) is 4.90 Å². The van der Waals surface area contributed by atoms with Crippen molar-refractivity contribution in [1.29, 1.82) is 0 Å². The van der Waals surface area contributed by atoms with Gasteiger partial charge < -0.3 is 15.0 Å². The third-order valence-corrected chi connectivity index (χ3v) is 7.41.